The van der Waals surface area contributed by atoms with E-state index in [1.165, 1.54) is 4.90 Å². The third-order valence-corrected chi connectivity index (χ3v) is 12.7. The molecule has 0 aromatic carbocycles. The highest BCUT2D eigenvalue weighted by molar-refractivity contribution is 8.00. The van der Waals surface area contributed by atoms with E-state index >= 15 is 0 Å². The molecule has 4 fully saturated rings. The number of fused-ring (bicyclic) bond motifs is 1. The van der Waals surface area contributed by atoms with Gasteiger partial charge in [-0.3, -0.25) is 33.6 Å². The number of nitrogens with one attached hydrogen (secondary N) is 8. The van der Waals surface area contributed by atoms with E-state index in [4.69, 9.17) is 4.74 Å². The maximum Gasteiger partial charge on any atom is 0.326 e. The summed E-state index contributed by atoms with van der Waals surface area (Å²) in [6.07, 6.45) is 5.40. The van der Waals surface area contributed by atoms with Gasteiger partial charge in [-0.25, -0.2) is 9.59 Å². The van der Waals surface area contributed by atoms with E-state index in [-0.39, 0.29) is 67.7 Å². The normalized spacial score (nSPS) is 23.4. The van der Waals surface area contributed by atoms with Gasteiger partial charge >= 0.3 is 12.0 Å². The molecule has 21 heteroatoms. The molecule has 0 bridgehead atoms. The molecule has 9 N–H and O–H groups in total. The number of epoxide rings is 1. The number of carbonyl (C=O) groups excluding carboxylic acids is 8. The van der Waals surface area contributed by atoms with Crippen LogP contribution in [-0.2, 0) is 43.1 Å². The number of aliphatic carboxylic acids is 1. The smallest absolute Gasteiger partial charge is 0.326 e. The summed E-state index contributed by atoms with van der Waals surface area (Å²) in [5.41, 5.74) is 0. The fraction of sp³-hybridized carbons (Fsp3) is 0.780. The van der Waals surface area contributed by atoms with Gasteiger partial charge < -0.3 is 57.3 Å². The predicted molar refractivity (Wildman–Crippen MR) is 228 cm³/mol. The zero-order valence-corrected chi connectivity index (χ0v) is 37.2. The molecule has 8 atom stereocenters. The first kappa shape index (κ1) is 50.0. The van der Waals surface area contributed by atoms with Crippen molar-refractivity contribution in [2.75, 3.05) is 38.5 Å². The van der Waals surface area contributed by atoms with E-state index in [1.54, 1.807) is 0 Å². The number of likely N-dealkylation sites (tertiary alicyclic amines) is 1. The molecule has 0 unspecified atom stereocenters. The average molecular weight is 894 g/mol. The lowest BCUT2D eigenvalue weighted by atomic mass is 10.0. The highest BCUT2D eigenvalue weighted by Crippen LogP contribution is 2.33. The van der Waals surface area contributed by atoms with Crippen LogP contribution in [0.2, 0.25) is 0 Å². The molecule has 4 rings (SSSR count). The monoisotopic (exact) mass is 893 g/mol. The van der Waals surface area contributed by atoms with Gasteiger partial charge in [0, 0.05) is 37.1 Å². The number of rotatable bonds is 27. The number of thioether (sulfide) groups is 1. The third kappa shape index (κ3) is 16.2. The van der Waals surface area contributed by atoms with Gasteiger partial charge in [0.2, 0.25) is 29.5 Å². The Labute approximate surface area is 367 Å². The van der Waals surface area contributed by atoms with Crippen molar-refractivity contribution in [2.24, 2.45) is 11.8 Å². The lowest BCUT2D eigenvalue weighted by molar-refractivity contribution is -0.149. The number of hydrogen-bond donors (Lipinski definition) is 9. The second kappa shape index (κ2) is 24.8. The zero-order chi connectivity index (χ0) is 45.3. The molecule has 9 amide bonds. The summed E-state index contributed by atoms with van der Waals surface area (Å²) in [5.74, 6) is -3.74. The predicted octanol–water partition coefficient (Wildman–Crippen LogP) is -0.358. The Morgan fingerprint density at radius 2 is 1.35 bits per heavy atom. The number of ether oxygens (including phenoxy) is 1. The summed E-state index contributed by atoms with van der Waals surface area (Å²) in [7, 11) is 0. The van der Waals surface area contributed by atoms with Gasteiger partial charge in [0.25, 0.3) is 11.8 Å². The molecule has 0 saturated carbocycles. The van der Waals surface area contributed by atoms with Crippen molar-refractivity contribution in [1.29, 1.82) is 0 Å². The fourth-order valence-corrected chi connectivity index (χ4v) is 9.46. The molecule has 0 radical (unpaired) electrons. The number of carboxylic acid groups (broad SMARTS) is 1. The molecule has 348 valence electrons. The summed E-state index contributed by atoms with van der Waals surface area (Å²) < 4.78 is 5.35. The molecule has 0 aromatic heterocycles. The average Bonchev–Trinajstić information content (AvgIpc) is 3.48. The van der Waals surface area contributed by atoms with Gasteiger partial charge in [-0.05, 0) is 63.2 Å². The van der Waals surface area contributed by atoms with Crippen molar-refractivity contribution in [3.8, 4) is 0 Å². The van der Waals surface area contributed by atoms with Crippen molar-refractivity contribution in [1.82, 2.24) is 47.4 Å². The minimum atomic E-state index is -1.21. The number of urea groups is 1. The summed E-state index contributed by atoms with van der Waals surface area (Å²) >= 11 is 1.87. The van der Waals surface area contributed by atoms with Gasteiger partial charge in [0.15, 0.2) is 12.2 Å². The second-order valence-corrected chi connectivity index (χ2v) is 18.6. The molecule has 4 aliphatic rings. The largest absolute Gasteiger partial charge is 0.480 e. The van der Waals surface area contributed by atoms with Crippen molar-refractivity contribution in [3.63, 3.8) is 0 Å². The van der Waals surface area contributed by atoms with Gasteiger partial charge in [-0.2, -0.15) is 11.8 Å². The van der Waals surface area contributed by atoms with E-state index in [1.807, 2.05) is 39.5 Å². The standard InChI is InChI=1S/C41H67N9O11S/c1-23(2)18-25(46-37(55)34-35(61-34)38(56)47-26(19-24(3)4)39(57)50-17-11-12-28(50)40(58)59)36(54)45-21-32(53)44-20-31(52)43-16-10-6-5-9-15-42-30(51)14-8-7-13-29-33-27(22-62-29)48-41(60)49-33/h23-29,33-35H,5-22H2,1-4H3,(H,42,51)(H,43,52)(H,44,53)(H,45,54)(H,46,55)(H,47,56)(H,58,59)(H2,48,49,60)/t25-,26-,27-,28-,29-,33-,34-,35-/m0/s1. The van der Waals surface area contributed by atoms with Crippen LogP contribution in [0.1, 0.15) is 105 Å². The molecular formula is C41H67N9O11S. The first-order valence-electron chi connectivity index (χ1n) is 22.1. The molecule has 4 aliphatic heterocycles. The topological polar surface area (TPSA) is 286 Å². The summed E-state index contributed by atoms with van der Waals surface area (Å²) in [6, 6.07) is -2.72. The number of nitrogens with zero attached hydrogens (tertiary/aromatic N) is 1. The van der Waals surface area contributed by atoms with Crippen LogP contribution in [0.25, 0.3) is 0 Å². The first-order chi connectivity index (χ1) is 29.5. The number of carbonyl (C=O) groups is 9. The van der Waals surface area contributed by atoms with Crippen LogP contribution in [0.5, 0.6) is 0 Å². The van der Waals surface area contributed by atoms with Crippen LogP contribution in [0, 0.1) is 11.8 Å². The summed E-state index contributed by atoms with van der Waals surface area (Å²) in [4.78, 5) is 114. The number of hydrogen-bond acceptors (Lipinski definition) is 11. The SMILES string of the molecule is CC(C)C[C@H](NC(=O)[C@H]1O[C@@H]1C(=O)N[C@@H](CC(C)C)C(=O)N1CCC[C@H]1C(=O)O)C(=O)NCC(=O)NCC(=O)NCCCCCCNC(=O)CCCC[C@@H]1SC[C@@H]2NC(=O)N[C@@H]21. The third-order valence-electron chi connectivity index (χ3n) is 11.2. The molecule has 4 heterocycles. The molecule has 0 aromatic rings. The van der Waals surface area contributed by atoms with Crippen molar-refractivity contribution in [3.05, 3.63) is 0 Å². The molecule has 4 saturated heterocycles. The van der Waals surface area contributed by atoms with Crippen LogP contribution in [0.15, 0.2) is 0 Å². The number of carboxylic acids is 1. The maximum absolute atomic E-state index is 13.3. The number of amides is 9. The Kier molecular flexibility index (Phi) is 20.0. The van der Waals surface area contributed by atoms with E-state index < -0.39 is 72.4 Å². The minimum absolute atomic E-state index is 0.00920. The Balaban J connectivity index is 1.03. The first-order valence-corrected chi connectivity index (χ1v) is 23.1. The van der Waals surface area contributed by atoms with Crippen LogP contribution >= 0.6 is 11.8 Å². The van der Waals surface area contributed by atoms with Gasteiger partial charge in [0.05, 0.1) is 25.2 Å². The Bertz CT molecular complexity index is 1620. The van der Waals surface area contributed by atoms with E-state index in [2.05, 4.69) is 42.5 Å². The zero-order valence-electron chi connectivity index (χ0n) is 36.4. The fourth-order valence-electron chi connectivity index (χ4n) is 7.92. The lowest BCUT2D eigenvalue weighted by Crippen LogP contribution is -2.53. The highest BCUT2D eigenvalue weighted by atomic mass is 32.2. The van der Waals surface area contributed by atoms with Crippen LogP contribution < -0.4 is 42.5 Å². The van der Waals surface area contributed by atoms with Crippen LogP contribution in [0.4, 0.5) is 4.79 Å². The number of unbranched alkanes of at least 4 members (excludes halogenated alkanes) is 4. The molecule has 62 heavy (non-hydrogen) atoms. The Hall–Kier alpha value is -4.66. The summed E-state index contributed by atoms with van der Waals surface area (Å²) in [5, 5.41) is 31.7. The van der Waals surface area contributed by atoms with Crippen LogP contribution in [-0.4, -0.2) is 150 Å². The minimum Gasteiger partial charge on any atom is -0.480 e. The van der Waals surface area contributed by atoms with Gasteiger partial charge in [-0.1, -0.05) is 47.0 Å². The van der Waals surface area contributed by atoms with E-state index in [0.717, 1.165) is 50.7 Å². The van der Waals surface area contributed by atoms with Crippen molar-refractivity contribution < 1.29 is 53.0 Å². The maximum atomic E-state index is 13.3. The van der Waals surface area contributed by atoms with Crippen molar-refractivity contribution >= 4 is 65.1 Å². The van der Waals surface area contributed by atoms with Gasteiger partial charge in [0.1, 0.15) is 18.1 Å². The molecular weight excluding hydrogens is 827 g/mol. The van der Waals surface area contributed by atoms with Crippen molar-refractivity contribution in [2.45, 2.75) is 152 Å². The van der Waals surface area contributed by atoms with Crippen LogP contribution in [0.3, 0.4) is 0 Å². The summed E-state index contributed by atoms with van der Waals surface area (Å²) in [6.45, 7) is 7.96. The quantitative estimate of drug-likeness (QED) is 0.0291. The molecule has 20 nitrogen and oxygen atoms in total. The second-order valence-electron chi connectivity index (χ2n) is 17.4. The Morgan fingerprint density at radius 1 is 0.758 bits per heavy atom. The van der Waals surface area contributed by atoms with E-state index in [9.17, 15) is 48.3 Å². The molecule has 0 aliphatic carbocycles. The Morgan fingerprint density at radius 3 is 2.00 bits per heavy atom. The highest BCUT2D eigenvalue weighted by Gasteiger charge is 2.52. The van der Waals surface area contributed by atoms with Gasteiger partial charge in [-0.15, -0.1) is 0 Å². The molecule has 0 spiro atoms. The van der Waals surface area contributed by atoms with E-state index in [0.29, 0.717) is 37.6 Å². The lowest BCUT2D eigenvalue weighted by Gasteiger charge is -2.28.